The highest BCUT2D eigenvalue weighted by Crippen LogP contribution is 2.28. The van der Waals surface area contributed by atoms with E-state index in [4.69, 9.17) is 0 Å². The second-order valence-electron chi connectivity index (χ2n) is 5.68. The lowest BCUT2D eigenvalue weighted by Crippen LogP contribution is -2.27. The molecular weight excluding hydrogens is 242 g/mol. The normalized spacial score (nSPS) is 11.4. The predicted molar refractivity (Wildman–Crippen MR) is 81.8 cm³/mol. The Morgan fingerprint density at radius 2 is 1.94 bits per heavy atom. The van der Waals surface area contributed by atoms with Crippen LogP contribution in [0.3, 0.4) is 0 Å². The van der Waals surface area contributed by atoms with Crippen molar-refractivity contribution in [2.24, 2.45) is 0 Å². The van der Waals surface area contributed by atoms with Gasteiger partial charge >= 0.3 is 0 Å². The lowest BCUT2D eigenvalue weighted by atomic mass is 9.86. The first kappa shape index (κ1) is 15.1. The highest BCUT2D eigenvalue weighted by molar-refractivity contribution is 7.80. The molecule has 18 heavy (non-hydrogen) atoms. The standard InChI is InChI=1S/C15H23NOS/c1-11-6-7-12(15(2,3)4)10-13(11)16(5)14(17)8-9-18/h6-7,10,18H,8-9H2,1-5H3. The van der Waals surface area contributed by atoms with Gasteiger partial charge in [0.15, 0.2) is 0 Å². The molecule has 0 aliphatic rings. The van der Waals surface area contributed by atoms with Crippen LogP contribution >= 0.6 is 12.6 Å². The lowest BCUT2D eigenvalue weighted by molar-refractivity contribution is -0.117. The highest BCUT2D eigenvalue weighted by atomic mass is 32.1. The molecule has 0 aliphatic carbocycles. The highest BCUT2D eigenvalue weighted by Gasteiger charge is 2.18. The van der Waals surface area contributed by atoms with Crippen molar-refractivity contribution in [3.05, 3.63) is 29.3 Å². The smallest absolute Gasteiger partial charge is 0.227 e. The molecule has 0 fully saturated rings. The van der Waals surface area contributed by atoms with E-state index >= 15 is 0 Å². The van der Waals surface area contributed by atoms with Crippen molar-refractivity contribution in [3.63, 3.8) is 0 Å². The number of carbonyl (C=O) groups is 1. The molecule has 1 aromatic carbocycles. The molecule has 1 rings (SSSR count). The summed E-state index contributed by atoms with van der Waals surface area (Å²) in [6.07, 6.45) is 0.471. The van der Waals surface area contributed by atoms with E-state index in [2.05, 4.69) is 51.6 Å². The number of hydrogen-bond donors (Lipinski definition) is 1. The van der Waals surface area contributed by atoms with Gasteiger partial charge in [0.2, 0.25) is 5.91 Å². The molecular formula is C15H23NOS. The fourth-order valence-corrected chi connectivity index (χ4v) is 2.03. The second-order valence-corrected chi connectivity index (χ2v) is 6.12. The Balaban J connectivity index is 3.12. The Labute approximate surface area is 116 Å². The SMILES string of the molecule is Cc1ccc(C(C)(C)C)cc1N(C)C(=O)CCS. The van der Waals surface area contributed by atoms with E-state index in [0.29, 0.717) is 12.2 Å². The second kappa shape index (κ2) is 5.79. The molecule has 0 atom stereocenters. The minimum absolute atomic E-state index is 0.0931. The van der Waals surface area contributed by atoms with Gasteiger partial charge in [0, 0.05) is 19.2 Å². The zero-order valence-corrected chi connectivity index (χ0v) is 12.8. The van der Waals surface area contributed by atoms with Gasteiger partial charge in [-0.25, -0.2) is 0 Å². The summed E-state index contributed by atoms with van der Waals surface area (Å²) < 4.78 is 0. The summed E-state index contributed by atoms with van der Waals surface area (Å²) in [5.74, 6) is 0.695. The van der Waals surface area contributed by atoms with Gasteiger partial charge in [-0.1, -0.05) is 32.9 Å². The van der Waals surface area contributed by atoms with Crippen LogP contribution in [0.5, 0.6) is 0 Å². The minimum Gasteiger partial charge on any atom is -0.315 e. The van der Waals surface area contributed by atoms with E-state index in [-0.39, 0.29) is 11.3 Å². The van der Waals surface area contributed by atoms with Crippen molar-refractivity contribution in [2.45, 2.75) is 39.5 Å². The number of carbonyl (C=O) groups excluding carboxylic acids is 1. The zero-order chi connectivity index (χ0) is 13.9. The maximum Gasteiger partial charge on any atom is 0.227 e. The van der Waals surface area contributed by atoms with Crippen LogP contribution in [0.2, 0.25) is 0 Å². The van der Waals surface area contributed by atoms with Crippen LogP contribution in [-0.4, -0.2) is 18.7 Å². The van der Waals surface area contributed by atoms with E-state index in [1.807, 2.05) is 14.0 Å². The number of anilines is 1. The molecule has 2 nitrogen and oxygen atoms in total. The third kappa shape index (κ3) is 3.52. The van der Waals surface area contributed by atoms with Crippen molar-refractivity contribution < 1.29 is 4.79 Å². The largest absolute Gasteiger partial charge is 0.315 e. The van der Waals surface area contributed by atoms with Crippen LogP contribution in [0.25, 0.3) is 0 Å². The maximum absolute atomic E-state index is 11.9. The van der Waals surface area contributed by atoms with Gasteiger partial charge in [-0.15, -0.1) is 0 Å². The topological polar surface area (TPSA) is 20.3 Å². The average molecular weight is 265 g/mol. The fourth-order valence-electron chi connectivity index (χ4n) is 1.83. The summed E-state index contributed by atoms with van der Waals surface area (Å²) in [5, 5.41) is 0. The molecule has 3 heteroatoms. The Bertz CT molecular complexity index is 435. The van der Waals surface area contributed by atoms with Gasteiger partial charge in [0.1, 0.15) is 0 Å². The summed E-state index contributed by atoms with van der Waals surface area (Å²) in [5.41, 5.74) is 3.46. The van der Waals surface area contributed by atoms with Crippen molar-refractivity contribution in [2.75, 3.05) is 17.7 Å². The molecule has 0 saturated heterocycles. The average Bonchev–Trinajstić information content (AvgIpc) is 2.27. The Hall–Kier alpha value is -0.960. The molecule has 100 valence electrons. The number of amides is 1. The summed E-state index contributed by atoms with van der Waals surface area (Å²) in [7, 11) is 1.83. The lowest BCUT2D eigenvalue weighted by Gasteiger charge is -2.24. The van der Waals surface area contributed by atoms with E-state index in [9.17, 15) is 4.79 Å². The van der Waals surface area contributed by atoms with Crippen LogP contribution in [-0.2, 0) is 10.2 Å². The van der Waals surface area contributed by atoms with Crippen molar-refractivity contribution >= 4 is 24.2 Å². The van der Waals surface area contributed by atoms with E-state index < -0.39 is 0 Å². The number of nitrogens with zero attached hydrogens (tertiary/aromatic N) is 1. The quantitative estimate of drug-likeness (QED) is 0.828. The molecule has 0 heterocycles. The van der Waals surface area contributed by atoms with Crippen LogP contribution in [0.4, 0.5) is 5.69 Å². The number of benzene rings is 1. The monoisotopic (exact) mass is 265 g/mol. The molecule has 0 unspecified atom stereocenters. The molecule has 1 amide bonds. The van der Waals surface area contributed by atoms with Gasteiger partial charge in [0.25, 0.3) is 0 Å². The molecule has 0 spiro atoms. The third-order valence-corrected chi connectivity index (χ3v) is 3.36. The summed E-state index contributed by atoms with van der Waals surface area (Å²) in [6.45, 7) is 8.57. The van der Waals surface area contributed by atoms with E-state index in [0.717, 1.165) is 11.3 Å². The number of rotatable bonds is 3. The maximum atomic E-state index is 11.9. The van der Waals surface area contributed by atoms with Crippen LogP contribution in [0.15, 0.2) is 18.2 Å². The molecule has 1 aromatic rings. The Kier molecular flexibility index (Phi) is 4.85. The van der Waals surface area contributed by atoms with Gasteiger partial charge in [0.05, 0.1) is 0 Å². The first-order valence-corrected chi connectivity index (χ1v) is 6.89. The summed E-state index contributed by atoms with van der Waals surface area (Å²) in [6, 6.07) is 6.34. The summed E-state index contributed by atoms with van der Waals surface area (Å²) in [4.78, 5) is 13.7. The summed E-state index contributed by atoms with van der Waals surface area (Å²) >= 11 is 4.11. The van der Waals surface area contributed by atoms with Gasteiger partial charge in [-0.2, -0.15) is 12.6 Å². The van der Waals surface area contributed by atoms with E-state index in [1.54, 1.807) is 4.90 Å². The number of thiol groups is 1. The van der Waals surface area contributed by atoms with Gasteiger partial charge < -0.3 is 4.90 Å². The molecule has 0 saturated carbocycles. The molecule has 0 aromatic heterocycles. The van der Waals surface area contributed by atoms with Gasteiger partial charge in [-0.3, -0.25) is 4.79 Å². The predicted octanol–water partition coefficient (Wildman–Crippen LogP) is 3.58. The molecule has 0 N–H and O–H groups in total. The minimum atomic E-state index is 0.0931. The van der Waals surface area contributed by atoms with Crippen molar-refractivity contribution in [1.29, 1.82) is 0 Å². The molecule has 0 bridgehead atoms. The molecule has 0 aliphatic heterocycles. The van der Waals surface area contributed by atoms with Crippen molar-refractivity contribution in [1.82, 2.24) is 0 Å². The first-order valence-electron chi connectivity index (χ1n) is 6.26. The Morgan fingerprint density at radius 1 is 1.33 bits per heavy atom. The fraction of sp³-hybridized carbons (Fsp3) is 0.533. The van der Waals surface area contributed by atoms with Crippen LogP contribution in [0.1, 0.15) is 38.3 Å². The molecule has 0 radical (unpaired) electrons. The first-order chi connectivity index (χ1) is 8.27. The van der Waals surface area contributed by atoms with E-state index in [1.165, 1.54) is 5.56 Å². The van der Waals surface area contributed by atoms with Crippen LogP contribution in [0, 0.1) is 6.92 Å². The van der Waals surface area contributed by atoms with Crippen LogP contribution < -0.4 is 4.90 Å². The van der Waals surface area contributed by atoms with Gasteiger partial charge in [-0.05, 0) is 35.3 Å². The Morgan fingerprint density at radius 3 is 2.44 bits per heavy atom. The number of aryl methyl sites for hydroxylation is 1. The third-order valence-electron chi connectivity index (χ3n) is 3.14. The number of hydrogen-bond acceptors (Lipinski definition) is 2. The zero-order valence-electron chi connectivity index (χ0n) is 11.9. The van der Waals surface area contributed by atoms with Crippen molar-refractivity contribution in [3.8, 4) is 0 Å².